The first-order valence-electron chi connectivity index (χ1n) is 12.6. The Balaban J connectivity index is 1.43. The molecule has 0 spiro atoms. The van der Waals surface area contributed by atoms with Crippen molar-refractivity contribution in [1.29, 1.82) is 0 Å². The third kappa shape index (κ3) is 6.11. The molecule has 31 heavy (non-hydrogen) atoms. The van der Waals surface area contributed by atoms with Gasteiger partial charge in [-0.2, -0.15) is 0 Å². The number of hydrogen-bond donors (Lipinski definition) is 0. The van der Waals surface area contributed by atoms with Gasteiger partial charge in [0.2, 0.25) is 0 Å². The van der Waals surface area contributed by atoms with Gasteiger partial charge in [0, 0.05) is 13.1 Å². The van der Waals surface area contributed by atoms with Crippen molar-refractivity contribution in [2.24, 2.45) is 0 Å². The zero-order valence-corrected chi connectivity index (χ0v) is 19.6. The predicted octanol–water partition coefficient (Wildman–Crippen LogP) is 6.66. The summed E-state index contributed by atoms with van der Waals surface area (Å²) < 4.78 is 6.36. The molecule has 0 aromatic heterocycles. The number of benzene rings is 2. The van der Waals surface area contributed by atoms with Gasteiger partial charge in [0.25, 0.3) is 0 Å². The van der Waals surface area contributed by atoms with Crippen LogP contribution in [0.3, 0.4) is 0 Å². The maximum atomic E-state index is 6.36. The molecule has 168 valence electrons. The molecule has 0 radical (unpaired) electrons. The molecular weight excluding hydrogens is 380 g/mol. The highest BCUT2D eigenvalue weighted by atomic mass is 16.5. The number of nitrogens with zero attached hydrogens (tertiary/aromatic N) is 2. The molecule has 0 amide bonds. The zero-order valence-electron chi connectivity index (χ0n) is 19.6. The highest BCUT2D eigenvalue weighted by Gasteiger charge is 2.22. The lowest BCUT2D eigenvalue weighted by molar-refractivity contribution is 0.208. The number of piperidine rings is 2. The van der Waals surface area contributed by atoms with Crippen molar-refractivity contribution in [3.8, 4) is 11.5 Å². The molecule has 2 atom stereocenters. The fraction of sp³-hybridized carbons (Fsp3) is 0.571. The van der Waals surface area contributed by atoms with Crippen LogP contribution in [-0.4, -0.2) is 49.1 Å². The summed E-state index contributed by atoms with van der Waals surface area (Å²) in [5, 5.41) is 0. The van der Waals surface area contributed by atoms with Crippen LogP contribution in [0, 0.1) is 0 Å². The SMILES string of the molecule is CCCN1CCCC(c2cccc(Oc3cccc(C4CCCN(CCC)C4)c3)c2)C1. The first-order chi connectivity index (χ1) is 15.2. The summed E-state index contributed by atoms with van der Waals surface area (Å²) in [4.78, 5) is 5.24. The second kappa shape index (κ2) is 11.2. The topological polar surface area (TPSA) is 15.7 Å². The van der Waals surface area contributed by atoms with Crippen molar-refractivity contribution in [3.05, 3.63) is 59.7 Å². The number of hydrogen-bond acceptors (Lipinski definition) is 3. The van der Waals surface area contributed by atoms with E-state index in [-0.39, 0.29) is 0 Å². The lowest BCUT2D eigenvalue weighted by atomic mass is 9.90. The Bertz CT molecular complexity index is 749. The molecule has 2 heterocycles. The fourth-order valence-corrected chi connectivity index (χ4v) is 5.49. The minimum atomic E-state index is 0.627. The second-order valence-electron chi connectivity index (χ2n) is 9.53. The quantitative estimate of drug-likeness (QED) is 0.475. The molecule has 2 aromatic rings. The van der Waals surface area contributed by atoms with E-state index in [2.05, 4.69) is 72.2 Å². The zero-order chi connectivity index (χ0) is 21.5. The molecule has 2 aliphatic heterocycles. The number of likely N-dealkylation sites (tertiary alicyclic amines) is 2. The van der Waals surface area contributed by atoms with E-state index in [0.29, 0.717) is 11.8 Å². The minimum Gasteiger partial charge on any atom is -0.457 e. The van der Waals surface area contributed by atoms with Crippen molar-refractivity contribution < 1.29 is 4.74 Å². The average Bonchev–Trinajstić information content (AvgIpc) is 2.80. The molecule has 2 aromatic carbocycles. The van der Waals surface area contributed by atoms with Crippen LogP contribution in [0.2, 0.25) is 0 Å². The van der Waals surface area contributed by atoms with Gasteiger partial charge in [0.05, 0.1) is 0 Å². The van der Waals surface area contributed by atoms with Crippen LogP contribution in [0.4, 0.5) is 0 Å². The molecule has 3 heteroatoms. The van der Waals surface area contributed by atoms with Crippen molar-refractivity contribution in [2.75, 3.05) is 39.3 Å². The molecule has 0 N–H and O–H groups in total. The number of ether oxygens (including phenoxy) is 1. The van der Waals surface area contributed by atoms with Gasteiger partial charge in [-0.25, -0.2) is 0 Å². The van der Waals surface area contributed by atoms with Gasteiger partial charge >= 0.3 is 0 Å². The summed E-state index contributed by atoms with van der Waals surface area (Å²) in [6.07, 6.45) is 7.65. The summed E-state index contributed by atoms with van der Waals surface area (Å²) in [5.41, 5.74) is 2.86. The highest BCUT2D eigenvalue weighted by molar-refractivity contribution is 5.38. The van der Waals surface area contributed by atoms with E-state index in [0.717, 1.165) is 11.5 Å². The van der Waals surface area contributed by atoms with E-state index in [1.54, 1.807) is 0 Å². The third-order valence-electron chi connectivity index (χ3n) is 6.99. The van der Waals surface area contributed by atoms with Gasteiger partial charge in [0.15, 0.2) is 0 Å². The maximum Gasteiger partial charge on any atom is 0.127 e. The highest BCUT2D eigenvalue weighted by Crippen LogP contribution is 2.33. The minimum absolute atomic E-state index is 0.627. The third-order valence-corrected chi connectivity index (χ3v) is 6.99. The van der Waals surface area contributed by atoms with E-state index in [1.807, 2.05) is 0 Å². The molecule has 0 saturated carbocycles. The molecule has 2 aliphatic rings. The molecule has 2 saturated heterocycles. The van der Waals surface area contributed by atoms with E-state index < -0.39 is 0 Å². The second-order valence-corrected chi connectivity index (χ2v) is 9.53. The Kier molecular flexibility index (Phi) is 8.04. The largest absolute Gasteiger partial charge is 0.457 e. The van der Waals surface area contributed by atoms with Gasteiger partial charge in [-0.15, -0.1) is 0 Å². The van der Waals surface area contributed by atoms with Crippen LogP contribution in [0.5, 0.6) is 11.5 Å². The Morgan fingerprint density at radius 1 is 0.742 bits per heavy atom. The van der Waals surface area contributed by atoms with E-state index in [1.165, 1.54) is 88.9 Å². The standard InChI is InChI=1S/C28H40N2O/c1-3-15-29-17-7-11-25(21-29)23-9-5-13-27(19-23)31-28-14-6-10-24(20-28)26-12-8-18-30(22-26)16-4-2/h5-6,9-10,13-14,19-20,25-26H,3-4,7-8,11-12,15-18,21-22H2,1-2H3. The van der Waals surface area contributed by atoms with Crippen LogP contribution in [0.1, 0.15) is 75.3 Å². The van der Waals surface area contributed by atoms with Crippen LogP contribution >= 0.6 is 0 Å². The molecule has 4 rings (SSSR count). The molecule has 0 aliphatic carbocycles. The van der Waals surface area contributed by atoms with E-state index in [9.17, 15) is 0 Å². The summed E-state index contributed by atoms with van der Waals surface area (Å²) >= 11 is 0. The molecule has 2 fully saturated rings. The van der Waals surface area contributed by atoms with Gasteiger partial charge in [-0.05, 0) is 112 Å². The lowest BCUT2D eigenvalue weighted by Gasteiger charge is -2.33. The van der Waals surface area contributed by atoms with Crippen molar-refractivity contribution in [3.63, 3.8) is 0 Å². The average molecular weight is 421 g/mol. The van der Waals surface area contributed by atoms with Crippen molar-refractivity contribution >= 4 is 0 Å². The van der Waals surface area contributed by atoms with Crippen LogP contribution < -0.4 is 4.74 Å². The Hall–Kier alpha value is -1.84. The first-order valence-corrected chi connectivity index (χ1v) is 12.6. The number of rotatable bonds is 8. The molecule has 0 bridgehead atoms. The fourth-order valence-electron chi connectivity index (χ4n) is 5.49. The summed E-state index contributed by atoms with van der Waals surface area (Å²) in [6, 6.07) is 17.7. The van der Waals surface area contributed by atoms with Crippen LogP contribution in [0.25, 0.3) is 0 Å². The Morgan fingerprint density at radius 2 is 1.23 bits per heavy atom. The van der Waals surface area contributed by atoms with Gasteiger partial charge in [-0.3, -0.25) is 0 Å². The van der Waals surface area contributed by atoms with Gasteiger partial charge in [0.1, 0.15) is 11.5 Å². The predicted molar refractivity (Wildman–Crippen MR) is 130 cm³/mol. The van der Waals surface area contributed by atoms with Gasteiger partial charge in [-0.1, -0.05) is 38.1 Å². The molecule has 3 nitrogen and oxygen atoms in total. The Morgan fingerprint density at radius 3 is 1.68 bits per heavy atom. The van der Waals surface area contributed by atoms with Crippen LogP contribution in [0.15, 0.2) is 48.5 Å². The Labute approximate surface area is 189 Å². The first kappa shape index (κ1) is 22.4. The van der Waals surface area contributed by atoms with Crippen molar-refractivity contribution in [1.82, 2.24) is 9.80 Å². The summed E-state index contributed by atoms with van der Waals surface area (Å²) in [7, 11) is 0. The maximum absolute atomic E-state index is 6.36. The molecular formula is C28H40N2O. The monoisotopic (exact) mass is 420 g/mol. The summed E-state index contributed by atoms with van der Waals surface area (Å²) in [5.74, 6) is 3.20. The van der Waals surface area contributed by atoms with Gasteiger partial charge < -0.3 is 14.5 Å². The van der Waals surface area contributed by atoms with E-state index >= 15 is 0 Å². The summed E-state index contributed by atoms with van der Waals surface area (Å²) in [6.45, 7) is 11.9. The molecule has 2 unspecified atom stereocenters. The lowest BCUT2D eigenvalue weighted by Crippen LogP contribution is -2.34. The smallest absolute Gasteiger partial charge is 0.127 e. The van der Waals surface area contributed by atoms with Crippen molar-refractivity contribution in [2.45, 2.75) is 64.2 Å². The van der Waals surface area contributed by atoms with Crippen LogP contribution in [-0.2, 0) is 0 Å². The van der Waals surface area contributed by atoms with E-state index in [4.69, 9.17) is 4.74 Å². The normalized spacial score (nSPS) is 23.0.